The first kappa shape index (κ1) is 11.7. The molecule has 0 spiro atoms. The lowest BCUT2D eigenvalue weighted by Gasteiger charge is -2.33. The van der Waals surface area contributed by atoms with Crippen molar-refractivity contribution >= 4 is 0 Å². The summed E-state index contributed by atoms with van der Waals surface area (Å²) < 4.78 is 0. The number of rotatable bonds is 3. The minimum atomic E-state index is 0.325. The molecule has 3 unspecified atom stereocenters. The van der Waals surface area contributed by atoms with Gasteiger partial charge in [-0.1, -0.05) is 44.5 Å². The Morgan fingerprint density at radius 1 is 1.38 bits per heavy atom. The van der Waals surface area contributed by atoms with Gasteiger partial charge in [-0.25, -0.2) is 0 Å². The largest absolute Gasteiger partial charge is 0.327 e. The van der Waals surface area contributed by atoms with E-state index in [0.717, 1.165) is 0 Å². The monoisotopic (exact) mass is 217 g/mol. The summed E-state index contributed by atoms with van der Waals surface area (Å²) in [6.07, 6.45) is 4.98. The number of hydrogen-bond acceptors (Lipinski definition) is 1. The summed E-state index contributed by atoms with van der Waals surface area (Å²) in [6.45, 7) is 4.52. The maximum atomic E-state index is 6.42. The number of nitrogens with two attached hydrogens (primary N) is 1. The fourth-order valence-corrected chi connectivity index (χ4v) is 2.86. The molecule has 88 valence electrons. The smallest absolute Gasteiger partial charge is 0.0134 e. The van der Waals surface area contributed by atoms with Crippen LogP contribution in [0, 0.1) is 5.92 Å². The molecular formula is C15H23N. The van der Waals surface area contributed by atoms with E-state index in [1.807, 2.05) is 0 Å². The first-order chi connectivity index (χ1) is 7.74. The molecule has 2 rings (SSSR count). The molecular weight excluding hydrogens is 194 g/mol. The van der Waals surface area contributed by atoms with Gasteiger partial charge in [0.15, 0.2) is 0 Å². The number of aryl methyl sites for hydroxylation is 1. The lowest BCUT2D eigenvalue weighted by Crippen LogP contribution is -2.36. The van der Waals surface area contributed by atoms with E-state index in [2.05, 4.69) is 38.1 Å². The van der Waals surface area contributed by atoms with Crippen LogP contribution in [0.5, 0.6) is 0 Å². The van der Waals surface area contributed by atoms with E-state index in [1.165, 1.54) is 36.8 Å². The minimum absolute atomic E-state index is 0.325. The fraction of sp³-hybridized carbons (Fsp3) is 0.600. The van der Waals surface area contributed by atoms with Gasteiger partial charge in [-0.2, -0.15) is 0 Å². The molecule has 0 aliphatic heterocycles. The zero-order chi connectivity index (χ0) is 11.5. The van der Waals surface area contributed by atoms with Gasteiger partial charge < -0.3 is 5.73 Å². The van der Waals surface area contributed by atoms with Crippen LogP contribution in [-0.4, -0.2) is 6.04 Å². The Balaban J connectivity index is 2.24. The average Bonchev–Trinajstić information content (AvgIpc) is 2.36. The van der Waals surface area contributed by atoms with Crippen LogP contribution in [0.15, 0.2) is 24.3 Å². The normalized spacial score (nSPS) is 23.6. The van der Waals surface area contributed by atoms with Crippen LogP contribution in [0.1, 0.15) is 50.2 Å². The third kappa shape index (κ3) is 2.15. The van der Waals surface area contributed by atoms with Crippen LogP contribution in [0.4, 0.5) is 0 Å². The third-order valence-corrected chi connectivity index (χ3v) is 4.18. The van der Waals surface area contributed by atoms with E-state index in [4.69, 9.17) is 5.73 Å². The second-order valence-corrected chi connectivity index (χ2v) is 5.16. The molecule has 1 aliphatic carbocycles. The lowest BCUT2D eigenvalue weighted by atomic mass is 9.75. The summed E-state index contributed by atoms with van der Waals surface area (Å²) in [6, 6.07) is 9.18. The van der Waals surface area contributed by atoms with E-state index in [9.17, 15) is 0 Å². The van der Waals surface area contributed by atoms with Gasteiger partial charge in [0.2, 0.25) is 0 Å². The molecule has 1 heteroatoms. The topological polar surface area (TPSA) is 26.0 Å². The van der Waals surface area contributed by atoms with Crippen molar-refractivity contribution in [2.75, 3.05) is 0 Å². The Morgan fingerprint density at radius 3 is 2.88 bits per heavy atom. The fourth-order valence-electron chi connectivity index (χ4n) is 2.86. The highest BCUT2D eigenvalue weighted by Crippen LogP contribution is 2.35. The number of hydrogen-bond donors (Lipinski definition) is 1. The maximum Gasteiger partial charge on any atom is 0.0134 e. The summed E-state index contributed by atoms with van der Waals surface area (Å²) in [5, 5.41) is 0. The summed E-state index contributed by atoms with van der Waals surface area (Å²) >= 11 is 0. The summed E-state index contributed by atoms with van der Waals surface area (Å²) in [4.78, 5) is 0. The van der Waals surface area contributed by atoms with Crippen molar-refractivity contribution in [3.8, 4) is 0 Å². The van der Waals surface area contributed by atoms with Crippen molar-refractivity contribution in [1.82, 2.24) is 0 Å². The van der Waals surface area contributed by atoms with Crippen LogP contribution >= 0.6 is 0 Å². The SMILES string of the molecule is CCC(C)C(N)C1CCCc2ccccc21. The van der Waals surface area contributed by atoms with Crippen LogP contribution < -0.4 is 5.73 Å². The van der Waals surface area contributed by atoms with Crippen LogP contribution in [0.2, 0.25) is 0 Å². The van der Waals surface area contributed by atoms with Crippen LogP contribution in [0.25, 0.3) is 0 Å². The molecule has 1 aromatic carbocycles. The molecule has 0 bridgehead atoms. The van der Waals surface area contributed by atoms with Gasteiger partial charge >= 0.3 is 0 Å². The van der Waals surface area contributed by atoms with Gasteiger partial charge in [0, 0.05) is 6.04 Å². The quantitative estimate of drug-likeness (QED) is 0.824. The van der Waals surface area contributed by atoms with Crippen molar-refractivity contribution in [2.24, 2.45) is 11.7 Å². The maximum absolute atomic E-state index is 6.42. The van der Waals surface area contributed by atoms with Gasteiger partial charge in [0.1, 0.15) is 0 Å². The molecule has 0 amide bonds. The van der Waals surface area contributed by atoms with Gasteiger partial charge in [-0.15, -0.1) is 0 Å². The summed E-state index contributed by atoms with van der Waals surface area (Å²) in [5.74, 6) is 1.20. The van der Waals surface area contributed by atoms with Gasteiger partial charge in [-0.05, 0) is 42.2 Å². The number of fused-ring (bicyclic) bond motifs is 1. The Kier molecular flexibility index (Phi) is 3.65. The van der Waals surface area contributed by atoms with Crippen molar-refractivity contribution in [2.45, 2.75) is 51.5 Å². The van der Waals surface area contributed by atoms with E-state index in [1.54, 1.807) is 0 Å². The van der Waals surface area contributed by atoms with Crippen LogP contribution in [0.3, 0.4) is 0 Å². The summed E-state index contributed by atoms with van der Waals surface area (Å²) in [5.41, 5.74) is 9.46. The van der Waals surface area contributed by atoms with E-state index >= 15 is 0 Å². The zero-order valence-corrected chi connectivity index (χ0v) is 10.4. The Bertz CT molecular complexity index is 345. The predicted octanol–water partition coefficient (Wildman–Crippen LogP) is 3.48. The Morgan fingerprint density at radius 2 is 2.12 bits per heavy atom. The van der Waals surface area contributed by atoms with Gasteiger partial charge in [-0.3, -0.25) is 0 Å². The zero-order valence-electron chi connectivity index (χ0n) is 10.4. The highest BCUT2D eigenvalue weighted by molar-refractivity contribution is 5.33. The molecule has 1 aliphatic rings. The molecule has 0 radical (unpaired) electrons. The van der Waals surface area contributed by atoms with Crippen molar-refractivity contribution in [3.05, 3.63) is 35.4 Å². The second kappa shape index (κ2) is 5.01. The van der Waals surface area contributed by atoms with Crippen molar-refractivity contribution in [1.29, 1.82) is 0 Å². The molecule has 3 atom stereocenters. The predicted molar refractivity (Wildman–Crippen MR) is 69.6 cm³/mol. The third-order valence-electron chi connectivity index (χ3n) is 4.18. The van der Waals surface area contributed by atoms with E-state index in [-0.39, 0.29) is 0 Å². The highest BCUT2D eigenvalue weighted by Gasteiger charge is 2.27. The van der Waals surface area contributed by atoms with Crippen molar-refractivity contribution < 1.29 is 0 Å². The molecule has 1 aromatic rings. The van der Waals surface area contributed by atoms with E-state index in [0.29, 0.717) is 17.9 Å². The average molecular weight is 217 g/mol. The van der Waals surface area contributed by atoms with E-state index < -0.39 is 0 Å². The first-order valence-electron chi connectivity index (χ1n) is 6.57. The molecule has 16 heavy (non-hydrogen) atoms. The molecule has 0 saturated carbocycles. The summed E-state index contributed by atoms with van der Waals surface area (Å²) in [7, 11) is 0. The Labute approximate surface area is 99.0 Å². The second-order valence-electron chi connectivity index (χ2n) is 5.16. The highest BCUT2D eigenvalue weighted by atomic mass is 14.7. The molecule has 0 heterocycles. The number of benzene rings is 1. The van der Waals surface area contributed by atoms with Gasteiger partial charge in [0.05, 0.1) is 0 Å². The minimum Gasteiger partial charge on any atom is -0.327 e. The molecule has 0 fully saturated rings. The molecule has 1 nitrogen and oxygen atoms in total. The lowest BCUT2D eigenvalue weighted by molar-refractivity contribution is 0.353. The van der Waals surface area contributed by atoms with Crippen LogP contribution in [-0.2, 0) is 6.42 Å². The van der Waals surface area contributed by atoms with Crippen molar-refractivity contribution in [3.63, 3.8) is 0 Å². The molecule has 0 saturated heterocycles. The first-order valence-corrected chi connectivity index (χ1v) is 6.57. The molecule has 2 N–H and O–H groups in total. The molecule has 0 aromatic heterocycles. The Hall–Kier alpha value is -0.820. The standard InChI is InChI=1S/C15H23N/c1-3-11(2)15(16)14-10-6-8-12-7-4-5-9-13(12)14/h4-5,7,9,11,14-15H,3,6,8,10,16H2,1-2H3. The van der Waals surface area contributed by atoms with Gasteiger partial charge in [0.25, 0.3) is 0 Å².